The SMILES string of the molecule is CC(C)CC1CN(C(c2cccs2)C(C)C)C(C)CN1. The third-order valence-electron chi connectivity index (χ3n) is 4.28. The van der Waals surface area contributed by atoms with Gasteiger partial charge in [0.05, 0.1) is 0 Å². The highest BCUT2D eigenvalue weighted by Crippen LogP contribution is 2.34. The van der Waals surface area contributed by atoms with Crippen molar-refractivity contribution in [3.8, 4) is 0 Å². The molecule has 1 N–H and O–H groups in total. The highest BCUT2D eigenvalue weighted by Gasteiger charge is 2.33. The minimum atomic E-state index is 0.571. The summed E-state index contributed by atoms with van der Waals surface area (Å²) in [4.78, 5) is 4.26. The Bertz CT molecular complexity index is 386. The lowest BCUT2D eigenvalue weighted by Gasteiger charge is -2.45. The molecule has 3 atom stereocenters. The number of piperazine rings is 1. The van der Waals surface area contributed by atoms with Crippen LogP contribution in [0.15, 0.2) is 17.5 Å². The smallest absolute Gasteiger partial charge is 0.0468 e. The molecule has 1 aromatic rings. The van der Waals surface area contributed by atoms with Gasteiger partial charge in [-0.2, -0.15) is 0 Å². The molecule has 0 aliphatic carbocycles. The number of nitrogens with zero attached hydrogens (tertiary/aromatic N) is 1. The highest BCUT2D eigenvalue weighted by atomic mass is 32.1. The van der Waals surface area contributed by atoms with Crippen molar-refractivity contribution in [2.24, 2.45) is 11.8 Å². The fraction of sp³-hybridized carbons (Fsp3) is 0.765. The quantitative estimate of drug-likeness (QED) is 0.877. The molecule has 2 heterocycles. The van der Waals surface area contributed by atoms with E-state index in [1.54, 1.807) is 0 Å². The Balaban J connectivity index is 2.13. The van der Waals surface area contributed by atoms with Crippen molar-refractivity contribution in [1.82, 2.24) is 10.2 Å². The van der Waals surface area contributed by atoms with Crippen molar-refractivity contribution in [2.75, 3.05) is 13.1 Å². The zero-order valence-corrected chi connectivity index (χ0v) is 14.4. The van der Waals surface area contributed by atoms with E-state index in [4.69, 9.17) is 0 Å². The van der Waals surface area contributed by atoms with E-state index in [0.717, 1.165) is 12.5 Å². The molecule has 1 saturated heterocycles. The van der Waals surface area contributed by atoms with Gasteiger partial charge in [-0.3, -0.25) is 4.90 Å². The van der Waals surface area contributed by atoms with Gasteiger partial charge in [-0.05, 0) is 36.6 Å². The van der Waals surface area contributed by atoms with Crippen LogP contribution in [-0.4, -0.2) is 30.1 Å². The minimum Gasteiger partial charge on any atom is -0.311 e. The van der Waals surface area contributed by atoms with Gasteiger partial charge in [-0.25, -0.2) is 0 Å². The lowest BCUT2D eigenvalue weighted by Crippen LogP contribution is -2.57. The monoisotopic (exact) mass is 294 g/mol. The van der Waals surface area contributed by atoms with Gasteiger partial charge in [-0.1, -0.05) is 33.8 Å². The first-order valence-electron chi connectivity index (χ1n) is 8.01. The van der Waals surface area contributed by atoms with Crippen LogP contribution in [0.2, 0.25) is 0 Å². The maximum atomic E-state index is 3.73. The first-order chi connectivity index (χ1) is 9.49. The van der Waals surface area contributed by atoms with Crippen molar-refractivity contribution in [3.63, 3.8) is 0 Å². The second kappa shape index (κ2) is 7.06. The van der Waals surface area contributed by atoms with Gasteiger partial charge in [0.25, 0.3) is 0 Å². The lowest BCUT2D eigenvalue weighted by molar-refractivity contribution is 0.0631. The molecule has 3 heteroatoms. The van der Waals surface area contributed by atoms with Gasteiger partial charge in [0.1, 0.15) is 0 Å². The molecule has 1 aliphatic rings. The van der Waals surface area contributed by atoms with Crippen LogP contribution in [0.5, 0.6) is 0 Å². The van der Waals surface area contributed by atoms with E-state index < -0.39 is 0 Å². The Morgan fingerprint density at radius 3 is 2.65 bits per heavy atom. The number of rotatable bonds is 5. The number of hydrogen-bond acceptors (Lipinski definition) is 3. The van der Waals surface area contributed by atoms with Gasteiger partial charge in [0, 0.05) is 36.1 Å². The van der Waals surface area contributed by atoms with Crippen molar-refractivity contribution < 1.29 is 0 Å². The Morgan fingerprint density at radius 1 is 1.35 bits per heavy atom. The molecular weight excluding hydrogens is 264 g/mol. The summed E-state index contributed by atoms with van der Waals surface area (Å²) in [6.07, 6.45) is 1.28. The van der Waals surface area contributed by atoms with Crippen molar-refractivity contribution in [1.29, 1.82) is 0 Å². The fourth-order valence-electron chi connectivity index (χ4n) is 3.40. The molecule has 1 aliphatic heterocycles. The standard InChI is InChI=1S/C17H30N2S/c1-12(2)9-15-11-19(14(5)10-18-15)17(13(3)4)16-7-6-8-20-16/h6-8,12-15,17-18H,9-11H2,1-5H3. The molecule has 20 heavy (non-hydrogen) atoms. The normalized spacial score (nSPS) is 26.4. The predicted octanol–water partition coefficient (Wildman–Crippen LogP) is 4.15. The van der Waals surface area contributed by atoms with Gasteiger partial charge >= 0.3 is 0 Å². The summed E-state index contributed by atoms with van der Waals surface area (Å²) in [6.45, 7) is 14.0. The van der Waals surface area contributed by atoms with E-state index in [-0.39, 0.29) is 0 Å². The van der Waals surface area contributed by atoms with Crippen LogP contribution < -0.4 is 5.32 Å². The number of hydrogen-bond donors (Lipinski definition) is 1. The summed E-state index contributed by atoms with van der Waals surface area (Å²) < 4.78 is 0. The van der Waals surface area contributed by atoms with Gasteiger partial charge in [0.15, 0.2) is 0 Å². The molecule has 2 rings (SSSR count). The predicted molar refractivity (Wildman–Crippen MR) is 89.3 cm³/mol. The summed E-state index contributed by atoms with van der Waals surface area (Å²) in [5, 5.41) is 5.94. The van der Waals surface area contributed by atoms with E-state index in [0.29, 0.717) is 24.0 Å². The van der Waals surface area contributed by atoms with Gasteiger partial charge < -0.3 is 5.32 Å². The molecule has 2 nitrogen and oxygen atoms in total. The topological polar surface area (TPSA) is 15.3 Å². The van der Waals surface area contributed by atoms with Crippen LogP contribution in [0.3, 0.4) is 0 Å². The summed E-state index contributed by atoms with van der Waals surface area (Å²) >= 11 is 1.91. The van der Waals surface area contributed by atoms with E-state index >= 15 is 0 Å². The van der Waals surface area contributed by atoms with Crippen LogP contribution in [0.4, 0.5) is 0 Å². The molecule has 0 radical (unpaired) electrons. The summed E-state index contributed by atoms with van der Waals surface area (Å²) in [7, 11) is 0. The Morgan fingerprint density at radius 2 is 2.10 bits per heavy atom. The Hall–Kier alpha value is -0.380. The maximum absolute atomic E-state index is 3.73. The van der Waals surface area contributed by atoms with Crippen LogP contribution in [0.1, 0.15) is 52.0 Å². The first kappa shape index (κ1) is 16.0. The fourth-order valence-corrected chi connectivity index (χ4v) is 4.42. The average Bonchev–Trinajstić information content (AvgIpc) is 2.86. The average molecular weight is 295 g/mol. The molecule has 0 aromatic carbocycles. The lowest BCUT2D eigenvalue weighted by atomic mass is 9.94. The van der Waals surface area contributed by atoms with E-state index in [1.807, 2.05) is 11.3 Å². The zero-order valence-electron chi connectivity index (χ0n) is 13.6. The Kier molecular flexibility index (Phi) is 5.65. The van der Waals surface area contributed by atoms with Gasteiger partial charge in [0.2, 0.25) is 0 Å². The molecule has 1 aromatic heterocycles. The van der Waals surface area contributed by atoms with E-state index in [2.05, 4.69) is 62.3 Å². The van der Waals surface area contributed by atoms with E-state index in [1.165, 1.54) is 17.8 Å². The summed E-state index contributed by atoms with van der Waals surface area (Å²) in [5.41, 5.74) is 0. The first-order valence-corrected chi connectivity index (χ1v) is 8.89. The number of nitrogens with one attached hydrogen (secondary N) is 1. The molecule has 3 unspecified atom stereocenters. The molecule has 0 bridgehead atoms. The van der Waals surface area contributed by atoms with Gasteiger partial charge in [-0.15, -0.1) is 11.3 Å². The van der Waals surface area contributed by atoms with Crippen molar-refractivity contribution in [2.45, 2.75) is 59.2 Å². The molecule has 0 spiro atoms. The van der Waals surface area contributed by atoms with Crippen LogP contribution in [0, 0.1) is 11.8 Å². The third-order valence-corrected chi connectivity index (χ3v) is 5.22. The van der Waals surface area contributed by atoms with Crippen LogP contribution >= 0.6 is 11.3 Å². The molecular formula is C17H30N2S. The second-order valence-electron chi connectivity index (χ2n) is 6.98. The Labute approximate surface area is 128 Å². The molecule has 114 valence electrons. The minimum absolute atomic E-state index is 0.571. The second-order valence-corrected chi connectivity index (χ2v) is 7.96. The van der Waals surface area contributed by atoms with Crippen molar-refractivity contribution in [3.05, 3.63) is 22.4 Å². The highest BCUT2D eigenvalue weighted by molar-refractivity contribution is 7.10. The molecule has 0 saturated carbocycles. The largest absolute Gasteiger partial charge is 0.311 e. The summed E-state index contributed by atoms with van der Waals surface area (Å²) in [5.74, 6) is 1.43. The number of thiophene rings is 1. The zero-order chi connectivity index (χ0) is 14.7. The summed E-state index contributed by atoms with van der Waals surface area (Å²) in [6, 6.07) is 6.33. The van der Waals surface area contributed by atoms with E-state index in [9.17, 15) is 0 Å². The van der Waals surface area contributed by atoms with Crippen LogP contribution in [0.25, 0.3) is 0 Å². The molecule has 1 fully saturated rings. The maximum Gasteiger partial charge on any atom is 0.0468 e. The van der Waals surface area contributed by atoms with Crippen LogP contribution in [-0.2, 0) is 0 Å². The molecule has 0 amide bonds. The third kappa shape index (κ3) is 3.84. The van der Waals surface area contributed by atoms with Crippen molar-refractivity contribution >= 4 is 11.3 Å².